The van der Waals surface area contributed by atoms with Gasteiger partial charge in [-0.3, -0.25) is 4.79 Å². The summed E-state index contributed by atoms with van der Waals surface area (Å²) in [6, 6.07) is 2.17. The molecular weight excluding hydrogens is 176 g/mol. The van der Waals surface area contributed by atoms with E-state index in [-0.39, 0.29) is 5.91 Å². The van der Waals surface area contributed by atoms with Gasteiger partial charge in [0.1, 0.15) is 5.41 Å². The molecule has 2 atom stereocenters. The molecule has 1 amide bonds. The van der Waals surface area contributed by atoms with Crippen LogP contribution < -0.4 is 0 Å². The van der Waals surface area contributed by atoms with Crippen LogP contribution in [0.5, 0.6) is 0 Å². The van der Waals surface area contributed by atoms with Gasteiger partial charge in [-0.15, -0.1) is 0 Å². The average Bonchev–Trinajstić information content (AvgIpc) is 2.90. The van der Waals surface area contributed by atoms with Crippen LogP contribution in [0.4, 0.5) is 0 Å². The quantitative estimate of drug-likeness (QED) is 0.630. The minimum Gasteiger partial charge on any atom is -0.341 e. The Kier molecular flexibility index (Phi) is 2.02. The van der Waals surface area contributed by atoms with Gasteiger partial charge in [0.2, 0.25) is 5.91 Å². The van der Waals surface area contributed by atoms with Crippen molar-refractivity contribution < 1.29 is 4.79 Å². The highest BCUT2D eigenvalue weighted by Gasteiger charge is 2.53. The summed E-state index contributed by atoms with van der Waals surface area (Å²) < 4.78 is 0. The number of rotatable bonds is 1. The smallest absolute Gasteiger partial charge is 0.243 e. The third-order valence-corrected chi connectivity index (χ3v) is 3.65. The highest BCUT2D eigenvalue weighted by molar-refractivity contribution is 5.88. The number of nitrogens with zero attached hydrogens (tertiary/aromatic N) is 2. The van der Waals surface area contributed by atoms with Crippen LogP contribution in [0.1, 0.15) is 26.7 Å². The van der Waals surface area contributed by atoms with Gasteiger partial charge in [0.05, 0.1) is 6.07 Å². The van der Waals surface area contributed by atoms with E-state index in [4.69, 9.17) is 5.26 Å². The van der Waals surface area contributed by atoms with Crippen LogP contribution in [-0.2, 0) is 4.79 Å². The normalized spacial score (nSPS) is 33.9. The summed E-state index contributed by atoms with van der Waals surface area (Å²) in [6.45, 7) is 6.01. The molecule has 2 rings (SSSR count). The van der Waals surface area contributed by atoms with Gasteiger partial charge in [-0.2, -0.15) is 5.26 Å². The summed E-state index contributed by atoms with van der Waals surface area (Å²) in [5.74, 6) is 1.23. The van der Waals surface area contributed by atoms with Crippen molar-refractivity contribution in [3.8, 4) is 6.07 Å². The van der Waals surface area contributed by atoms with Crippen molar-refractivity contribution >= 4 is 5.91 Å². The molecule has 2 unspecified atom stereocenters. The highest BCUT2D eigenvalue weighted by atomic mass is 16.2. The number of amides is 1. The molecule has 1 aliphatic carbocycles. The Bertz CT molecular complexity index is 291. The third-order valence-electron chi connectivity index (χ3n) is 3.65. The minimum absolute atomic E-state index is 0.0798. The van der Waals surface area contributed by atoms with Crippen molar-refractivity contribution in [3.63, 3.8) is 0 Å². The third kappa shape index (κ3) is 1.30. The second-order valence-electron chi connectivity index (χ2n) is 4.86. The standard InChI is InChI=1S/C11H16N2O/c1-8-5-13(6-9(8)2)10(14)11(7-12)3-4-11/h8-9H,3-6H2,1-2H3. The number of nitriles is 1. The van der Waals surface area contributed by atoms with Gasteiger partial charge in [-0.1, -0.05) is 13.8 Å². The maximum Gasteiger partial charge on any atom is 0.243 e. The fourth-order valence-electron chi connectivity index (χ4n) is 2.10. The first kappa shape index (κ1) is 9.51. The minimum atomic E-state index is -0.621. The topological polar surface area (TPSA) is 44.1 Å². The second-order valence-corrected chi connectivity index (χ2v) is 4.86. The van der Waals surface area contributed by atoms with Crippen LogP contribution in [0, 0.1) is 28.6 Å². The lowest BCUT2D eigenvalue weighted by atomic mass is 10.0. The zero-order valence-electron chi connectivity index (χ0n) is 8.79. The molecule has 1 saturated heterocycles. The molecule has 0 aromatic rings. The Hall–Kier alpha value is -1.04. The Morgan fingerprint density at radius 1 is 1.36 bits per heavy atom. The molecule has 0 spiro atoms. The van der Waals surface area contributed by atoms with Gasteiger partial charge >= 0.3 is 0 Å². The van der Waals surface area contributed by atoms with Crippen LogP contribution in [0.15, 0.2) is 0 Å². The lowest BCUT2D eigenvalue weighted by Crippen LogP contribution is -2.35. The Morgan fingerprint density at radius 3 is 2.21 bits per heavy atom. The zero-order chi connectivity index (χ0) is 10.3. The first-order chi connectivity index (χ1) is 6.59. The van der Waals surface area contributed by atoms with Gasteiger partial charge in [-0.05, 0) is 24.7 Å². The Morgan fingerprint density at radius 2 is 1.86 bits per heavy atom. The molecule has 1 aliphatic heterocycles. The van der Waals surface area contributed by atoms with Crippen LogP contribution >= 0.6 is 0 Å². The molecule has 0 N–H and O–H groups in total. The Balaban J connectivity index is 2.05. The van der Waals surface area contributed by atoms with Crippen molar-refractivity contribution in [1.29, 1.82) is 5.26 Å². The number of carbonyl (C=O) groups is 1. The molecule has 0 radical (unpaired) electrons. The summed E-state index contributed by atoms with van der Waals surface area (Å²) in [4.78, 5) is 13.8. The first-order valence-corrected chi connectivity index (χ1v) is 5.30. The molecular formula is C11H16N2O. The van der Waals surface area contributed by atoms with Gasteiger partial charge in [-0.25, -0.2) is 0 Å². The predicted octanol–water partition coefficient (Wildman–Crippen LogP) is 1.40. The van der Waals surface area contributed by atoms with Crippen LogP contribution in [-0.4, -0.2) is 23.9 Å². The number of carbonyl (C=O) groups excluding carboxylic acids is 1. The molecule has 76 valence electrons. The fourth-order valence-corrected chi connectivity index (χ4v) is 2.10. The summed E-state index contributed by atoms with van der Waals surface area (Å²) in [5.41, 5.74) is -0.621. The second kappa shape index (κ2) is 2.98. The van der Waals surface area contributed by atoms with Crippen molar-refractivity contribution in [3.05, 3.63) is 0 Å². The number of hydrogen-bond donors (Lipinski definition) is 0. The first-order valence-electron chi connectivity index (χ1n) is 5.30. The SMILES string of the molecule is CC1CN(C(=O)C2(C#N)CC2)CC1C. The molecule has 1 heterocycles. The summed E-state index contributed by atoms with van der Waals surface area (Å²) in [6.07, 6.45) is 1.53. The van der Waals surface area contributed by atoms with E-state index in [9.17, 15) is 4.79 Å². The number of hydrogen-bond acceptors (Lipinski definition) is 2. The van der Waals surface area contributed by atoms with Crippen molar-refractivity contribution in [2.45, 2.75) is 26.7 Å². The molecule has 2 aliphatic rings. The van der Waals surface area contributed by atoms with Gasteiger partial charge in [0, 0.05) is 13.1 Å². The highest BCUT2D eigenvalue weighted by Crippen LogP contribution is 2.47. The van der Waals surface area contributed by atoms with E-state index >= 15 is 0 Å². The van der Waals surface area contributed by atoms with Crippen LogP contribution in [0.25, 0.3) is 0 Å². The number of likely N-dealkylation sites (tertiary alicyclic amines) is 1. The molecule has 3 nitrogen and oxygen atoms in total. The molecule has 2 fully saturated rings. The van der Waals surface area contributed by atoms with E-state index in [1.54, 1.807) is 0 Å². The molecule has 1 saturated carbocycles. The lowest BCUT2D eigenvalue weighted by molar-refractivity contribution is -0.134. The zero-order valence-corrected chi connectivity index (χ0v) is 8.79. The van der Waals surface area contributed by atoms with Crippen LogP contribution in [0.3, 0.4) is 0 Å². The van der Waals surface area contributed by atoms with E-state index in [0.717, 1.165) is 25.9 Å². The molecule has 0 bridgehead atoms. The van der Waals surface area contributed by atoms with E-state index in [2.05, 4.69) is 19.9 Å². The summed E-state index contributed by atoms with van der Waals surface area (Å²) in [7, 11) is 0. The van der Waals surface area contributed by atoms with E-state index in [1.165, 1.54) is 0 Å². The average molecular weight is 192 g/mol. The molecule has 0 aromatic carbocycles. The van der Waals surface area contributed by atoms with Gasteiger partial charge in [0.25, 0.3) is 0 Å². The lowest BCUT2D eigenvalue weighted by Gasteiger charge is -2.18. The fraction of sp³-hybridized carbons (Fsp3) is 0.818. The van der Waals surface area contributed by atoms with E-state index in [1.807, 2.05) is 4.90 Å². The maximum absolute atomic E-state index is 12.0. The van der Waals surface area contributed by atoms with Crippen molar-refractivity contribution in [2.24, 2.45) is 17.3 Å². The van der Waals surface area contributed by atoms with Gasteiger partial charge < -0.3 is 4.90 Å². The monoisotopic (exact) mass is 192 g/mol. The molecule has 0 aromatic heterocycles. The van der Waals surface area contributed by atoms with Crippen molar-refractivity contribution in [2.75, 3.05) is 13.1 Å². The summed E-state index contributed by atoms with van der Waals surface area (Å²) in [5, 5.41) is 8.92. The molecule has 14 heavy (non-hydrogen) atoms. The Labute approximate surface area is 84.7 Å². The van der Waals surface area contributed by atoms with E-state index < -0.39 is 5.41 Å². The van der Waals surface area contributed by atoms with Crippen LogP contribution in [0.2, 0.25) is 0 Å². The summed E-state index contributed by atoms with van der Waals surface area (Å²) >= 11 is 0. The maximum atomic E-state index is 12.0. The molecule has 3 heteroatoms. The van der Waals surface area contributed by atoms with Crippen molar-refractivity contribution in [1.82, 2.24) is 4.90 Å². The van der Waals surface area contributed by atoms with Gasteiger partial charge in [0.15, 0.2) is 0 Å². The predicted molar refractivity (Wildman–Crippen MR) is 52.2 cm³/mol. The van der Waals surface area contributed by atoms with E-state index in [0.29, 0.717) is 11.8 Å². The largest absolute Gasteiger partial charge is 0.341 e.